The largest absolute Gasteiger partial charge is 0.490 e. The lowest BCUT2D eigenvalue weighted by molar-refractivity contribution is 0.400. The fraction of sp³-hybridized carbons (Fsp3) is 0.214. The number of methoxy groups -OCH3 is 1. The maximum atomic E-state index is 5.38. The van der Waals surface area contributed by atoms with Gasteiger partial charge in [-0.15, -0.1) is 0 Å². The number of imidazole rings is 1. The van der Waals surface area contributed by atoms with Gasteiger partial charge in [-0.3, -0.25) is 0 Å². The van der Waals surface area contributed by atoms with Crippen molar-refractivity contribution >= 4 is 28.6 Å². The van der Waals surface area contributed by atoms with E-state index in [2.05, 4.69) is 38.2 Å². The van der Waals surface area contributed by atoms with Crippen LogP contribution in [0.1, 0.15) is 5.56 Å². The molecule has 1 aromatic carbocycles. The van der Waals surface area contributed by atoms with Crippen molar-refractivity contribution in [3.63, 3.8) is 0 Å². The molecule has 0 aliphatic rings. The third-order valence-corrected chi connectivity index (χ3v) is 3.89. The molecule has 3 rings (SSSR count). The predicted molar refractivity (Wildman–Crippen MR) is 83.1 cm³/mol. The molecule has 2 aromatic heterocycles. The average molecular weight is 301 g/mol. The Labute approximate surface area is 126 Å². The molecular formula is C14H15N5OS. The first-order chi connectivity index (χ1) is 10.2. The number of nitrogens with zero attached hydrogens (tertiary/aromatic N) is 3. The van der Waals surface area contributed by atoms with Crippen LogP contribution in [0, 0.1) is 6.92 Å². The Morgan fingerprint density at radius 2 is 2.14 bits per heavy atom. The molecule has 0 radical (unpaired) electrons. The summed E-state index contributed by atoms with van der Waals surface area (Å²) in [5.74, 6) is 1.27. The van der Waals surface area contributed by atoms with Crippen LogP contribution in [-0.4, -0.2) is 34.1 Å². The lowest BCUT2D eigenvalue weighted by Gasteiger charge is -2.09. The number of hydrogen-bond acceptors (Lipinski definition) is 6. The third kappa shape index (κ3) is 2.64. The number of fused-ring (bicyclic) bond motifs is 1. The van der Waals surface area contributed by atoms with Crippen molar-refractivity contribution in [3.05, 3.63) is 30.1 Å². The Balaban J connectivity index is 1.98. The Hall–Kier alpha value is -2.28. The molecule has 0 fully saturated rings. The molecule has 6 nitrogen and oxygen atoms in total. The second kappa shape index (κ2) is 5.61. The molecule has 7 heteroatoms. The van der Waals surface area contributed by atoms with Gasteiger partial charge in [0.05, 0.1) is 18.1 Å². The normalized spacial score (nSPS) is 10.8. The van der Waals surface area contributed by atoms with E-state index in [1.54, 1.807) is 14.2 Å². The molecule has 0 spiro atoms. The van der Waals surface area contributed by atoms with E-state index in [0.717, 1.165) is 16.2 Å². The van der Waals surface area contributed by atoms with E-state index in [-0.39, 0.29) is 0 Å². The van der Waals surface area contributed by atoms with Gasteiger partial charge in [-0.05, 0) is 36.4 Å². The highest BCUT2D eigenvalue weighted by molar-refractivity contribution is 7.99. The van der Waals surface area contributed by atoms with Gasteiger partial charge in [-0.2, -0.15) is 0 Å². The highest BCUT2D eigenvalue weighted by atomic mass is 32.2. The van der Waals surface area contributed by atoms with Crippen LogP contribution < -0.4 is 10.1 Å². The maximum Gasteiger partial charge on any atom is 0.194 e. The third-order valence-electron chi connectivity index (χ3n) is 3.02. The number of rotatable bonds is 4. The number of aryl methyl sites for hydroxylation is 1. The van der Waals surface area contributed by atoms with Crippen molar-refractivity contribution in [1.82, 2.24) is 19.9 Å². The monoisotopic (exact) mass is 301 g/mol. The van der Waals surface area contributed by atoms with E-state index < -0.39 is 0 Å². The molecule has 21 heavy (non-hydrogen) atoms. The summed E-state index contributed by atoms with van der Waals surface area (Å²) in [6.45, 7) is 2.06. The van der Waals surface area contributed by atoms with Crippen LogP contribution in [0.15, 0.2) is 34.7 Å². The van der Waals surface area contributed by atoms with Crippen LogP contribution in [0.25, 0.3) is 11.0 Å². The second-order valence-corrected chi connectivity index (χ2v) is 5.45. The Bertz CT molecular complexity index is 786. The Morgan fingerprint density at radius 3 is 2.90 bits per heavy atom. The number of benzene rings is 1. The molecule has 0 aliphatic carbocycles. The van der Waals surface area contributed by atoms with Gasteiger partial charge in [0, 0.05) is 7.05 Å². The first-order valence-electron chi connectivity index (χ1n) is 6.42. The van der Waals surface area contributed by atoms with Crippen molar-refractivity contribution in [2.24, 2.45) is 0 Å². The molecule has 0 amide bonds. The van der Waals surface area contributed by atoms with Gasteiger partial charge < -0.3 is 15.0 Å². The molecule has 108 valence electrons. The number of aromatic amines is 1. The number of ether oxygens (including phenoxy) is 1. The maximum absolute atomic E-state index is 5.38. The molecule has 2 heterocycles. The van der Waals surface area contributed by atoms with Gasteiger partial charge in [0.1, 0.15) is 6.33 Å². The molecule has 0 bridgehead atoms. The number of H-pyrrole nitrogens is 1. The number of anilines is 1. The molecule has 0 saturated carbocycles. The molecule has 3 aromatic rings. The molecule has 0 unspecified atom stereocenters. The fourth-order valence-electron chi connectivity index (χ4n) is 2.03. The predicted octanol–water partition coefficient (Wildman–Crippen LogP) is 2.86. The number of aromatic nitrogens is 4. The van der Waals surface area contributed by atoms with Crippen LogP contribution in [0.5, 0.6) is 5.75 Å². The van der Waals surface area contributed by atoms with Crippen LogP contribution in [0.3, 0.4) is 0 Å². The van der Waals surface area contributed by atoms with Gasteiger partial charge in [-0.25, -0.2) is 15.0 Å². The highest BCUT2D eigenvalue weighted by Gasteiger charge is 2.14. The van der Waals surface area contributed by atoms with Gasteiger partial charge in [-0.1, -0.05) is 6.07 Å². The quantitative estimate of drug-likeness (QED) is 0.722. The molecule has 0 saturated heterocycles. The zero-order valence-electron chi connectivity index (χ0n) is 12.0. The first kappa shape index (κ1) is 13.7. The Kier molecular flexibility index (Phi) is 3.66. The molecule has 2 N–H and O–H groups in total. The van der Waals surface area contributed by atoms with Gasteiger partial charge >= 0.3 is 0 Å². The summed E-state index contributed by atoms with van der Waals surface area (Å²) in [5.41, 5.74) is 3.14. The molecule has 0 aliphatic heterocycles. The first-order valence-corrected chi connectivity index (χ1v) is 7.24. The summed E-state index contributed by atoms with van der Waals surface area (Å²) in [7, 11) is 3.40. The van der Waals surface area contributed by atoms with Gasteiger partial charge in [0.15, 0.2) is 21.7 Å². The van der Waals surface area contributed by atoms with Crippen LogP contribution in [0.2, 0.25) is 0 Å². The topological polar surface area (TPSA) is 75.7 Å². The zero-order chi connectivity index (χ0) is 14.8. The summed E-state index contributed by atoms with van der Waals surface area (Å²) >= 11 is 1.42. The van der Waals surface area contributed by atoms with E-state index in [9.17, 15) is 0 Å². The van der Waals surface area contributed by atoms with Crippen LogP contribution in [0.4, 0.5) is 5.82 Å². The molecule has 0 atom stereocenters. The smallest absolute Gasteiger partial charge is 0.194 e. The van der Waals surface area contributed by atoms with Crippen molar-refractivity contribution in [2.75, 3.05) is 19.5 Å². The van der Waals surface area contributed by atoms with Gasteiger partial charge in [0.25, 0.3) is 0 Å². The minimum absolute atomic E-state index is 0.613. The fourth-order valence-corrected chi connectivity index (χ4v) is 2.89. The van der Waals surface area contributed by atoms with Crippen LogP contribution >= 0.6 is 11.8 Å². The van der Waals surface area contributed by atoms with E-state index in [4.69, 9.17) is 4.74 Å². The number of hydrogen-bond donors (Lipinski definition) is 2. The van der Waals surface area contributed by atoms with E-state index in [1.165, 1.54) is 23.7 Å². The second-order valence-electron chi connectivity index (χ2n) is 4.48. The summed E-state index contributed by atoms with van der Waals surface area (Å²) in [6, 6.07) is 6.12. The van der Waals surface area contributed by atoms with Crippen molar-refractivity contribution in [3.8, 4) is 5.75 Å². The van der Waals surface area contributed by atoms with Gasteiger partial charge in [0.2, 0.25) is 0 Å². The van der Waals surface area contributed by atoms with Crippen molar-refractivity contribution in [1.29, 1.82) is 0 Å². The van der Waals surface area contributed by atoms with Crippen molar-refractivity contribution < 1.29 is 4.74 Å². The molecular weight excluding hydrogens is 286 g/mol. The lowest BCUT2D eigenvalue weighted by Crippen LogP contribution is -1.99. The van der Waals surface area contributed by atoms with E-state index in [1.807, 2.05) is 12.1 Å². The summed E-state index contributed by atoms with van der Waals surface area (Å²) in [6.07, 6.45) is 1.50. The van der Waals surface area contributed by atoms with Crippen LogP contribution in [-0.2, 0) is 0 Å². The summed E-state index contributed by atoms with van der Waals surface area (Å²) in [5, 5.41) is 4.47. The summed E-state index contributed by atoms with van der Waals surface area (Å²) in [4.78, 5) is 16.2. The highest BCUT2D eigenvalue weighted by Crippen LogP contribution is 2.35. The zero-order valence-corrected chi connectivity index (χ0v) is 12.8. The SMILES string of the molecule is CNc1ncnc(Sc2nc3ccc(C)cc3[nH]2)c1OC. The number of nitrogens with one attached hydrogen (secondary N) is 2. The lowest BCUT2D eigenvalue weighted by atomic mass is 10.2. The van der Waals surface area contributed by atoms with Crippen molar-refractivity contribution in [2.45, 2.75) is 17.1 Å². The standard InChI is InChI=1S/C14H15N5OS/c1-8-4-5-9-10(6-8)19-14(18-9)21-13-11(20-3)12(15-2)16-7-17-13/h4-7H,1-3H3,(H,18,19)(H,15,16,17). The minimum atomic E-state index is 0.613. The Morgan fingerprint density at radius 1 is 1.29 bits per heavy atom. The van der Waals surface area contributed by atoms with E-state index in [0.29, 0.717) is 16.6 Å². The van der Waals surface area contributed by atoms with E-state index >= 15 is 0 Å². The minimum Gasteiger partial charge on any atom is -0.490 e. The average Bonchev–Trinajstić information content (AvgIpc) is 2.88. The summed E-state index contributed by atoms with van der Waals surface area (Å²) < 4.78 is 5.38.